The van der Waals surface area contributed by atoms with Crippen molar-refractivity contribution in [3.8, 4) is 0 Å². The van der Waals surface area contributed by atoms with E-state index in [1.165, 1.54) is 24.3 Å². The number of thioether (sulfide) groups is 1. The summed E-state index contributed by atoms with van der Waals surface area (Å²) in [4.78, 5) is 2.35. The molecule has 0 saturated carbocycles. The molecule has 0 unspecified atom stereocenters. The SMILES string of the molecule is CCCCN(CCO)CCSCC. The van der Waals surface area contributed by atoms with Gasteiger partial charge in [-0.3, -0.25) is 0 Å². The van der Waals surface area contributed by atoms with Crippen LogP contribution in [0.5, 0.6) is 0 Å². The zero-order valence-electron chi connectivity index (χ0n) is 8.96. The molecule has 0 aliphatic carbocycles. The summed E-state index contributed by atoms with van der Waals surface area (Å²) in [6.45, 7) is 7.79. The summed E-state index contributed by atoms with van der Waals surface area (Å²) in [5.41, 5.74) is 0. The van der Waals surface area contributed by atoms with E-state index in [0.717, 1.165) is 19.6 Å². The molecule has 0 radical (unpaired) electrons. The normalized spacial score (nSPS) is 11.1. The molecule has 0 rings (SSSR count). The van der Waals surface area contributed by atoms with Crippen LogP contribution in [0.2, 0.25) is 0 Å². The lowest BCUT2D eigenvalue weighted by Crippen LogP contribution is -2.30. The Hall–Kier alpha value is 0.270. The first-order valence-corrected chi connectivity index (χ1v) is 6.41. The van der Waals surface area contributed by atoms with Crippen molar-refractivity contribution in [2.24, 2.45) is 0 Å². The van der Waals surface area contributed by atoms with Crippen molar-refractivity contribution in [3.05, 3.63) is 0 Å². The highest BCUT2D eigenvalue weighted by Gasteiger charge is 2.02. The lowest BCUT2D eigenvalue weighted by Gasteiger charge is -2.20. The third-order valence-corrected chi connectivity index (χ3v) is 2.88. The summed E-state index contributed by atoms with van der Waals surface area (Å²) in [5, 5.41) is 8.84. The molecule has 80 valence electrons. The zero-order chi connectivity index (χ0) is 9.94. The largest absolute Gasteiger partial charge is 0.395 e. The Morgan fingerprint density at radius 3 is 2.46 bits per heavy atom. The van der Waals surface area contributed by atoms with Crippen molar-refractivity contribution in [3.63, 3.8) is 0 Å². The fraction of sp³-hybridized carbons (Fsp3) is 1.00. The third kappa shape index (κ3) is 8.60. The van der Waals surface area contributed by atoms with Crippen molar-refractivity contribution in [2.75, 3.05) is 37.7 Å². The van der Waals surface area contributed by atoms with Crippen molar-refractivity contribution in [1.82, 2.24) is 4.90 Å². The smallest absolute Gasteiger partial charge is 0.0558 e. The second-order valence-electron chi connectivity index (χ2n) is 3.12. The van der Waals surface area contributed by atoms with Crippen molar-refractivity contribution in [2.45, 2.75) is 26.7 Å². The quantitative estimate of drug-likeness (QED) is 0.581. The fourth-order valence-electron chi connectivity index (χ4n) is 1.20. The number of rotatable bonds is 9. The van der Waals surface area contributed by atoms with Gasteiger partial charge in [-0.1, -0.05) is 20.3 Å². The average molecular weight is 205 g/mol. The van der Waals surface area contributed by atoms with E-state index >= 15 is 0 Å². The van der Waals surface area contributed by atoms with Gasteiger partial charge < -0.3 is 10.0 Å². The molecule has 0 spiro atoms. The molecular formula is C10H23NOS. The lowest BCUT2D eigenvalue weighted by atomic mass is 10.3. The molecule has 0 saturated heterocycles. The molecule has 0 aliphatic rings. The van der Waals surface area contributed by atoms with Crippen LogP contribution in [0, 0.1) is 0 Å². The predicted octanol–water partition coefficient (Wildman–Crippen LogP) is 1.83. The molecule has 0 aliphatic heterocycles. The van der Waals surface area contributed by atoms with Crippen LogP contribution in [0.25, 0.3) is 0 Å². The highest BCUT2D eigenvalue weighted by molar-refractivity contribution is 7.99. The van der Waals surface area contributed by atoms with E-state index in [1.807, 2.05) is 11.8 Å². The first-order chi connectivity index (χ1) is 6.35. The zero-order valence-corrected chi connectivity index (χ0v) is 9.78. The van der Waals surface area contributed by atoms with Crippen LogP contribution in [0.3, 0.4) is 0 Å². The first kappa shape index (κ1) is 13.3. The van der Waals surface area contributed by atoms with E-state index < -0.39 is 0 Å². The molecule has 0 aromatic carbocycles. The third-order valence-electron chi connectivity index (χ3n) is 2.00. The van der Waals surface area contributed by atoms with E-state index in [-0.39, 0.29) is 0 Å². The Labute approximate surface area is 86.7 Å². The van der Waals surface area contributed by atoms with Crippen LogP contribution in [-0.4, -0.2) is 47.8 Å². The number of aliphatic hydroxyl groups is 1. The summed E-state index contributed by atoms with van der Waals surface area (Å²) in [6.07, 6.45) is 2.49. The number of hydrogen-bond donors (Lipinski definition) is 1. The van der Waals surface area contributed by atoms with Crippen LogP contribution in [0.1, 0.15) is 26.7 Å². The van der Waals surface area contributed by atoms with Gasteiger partial charge in [-0.15, -0.1) is 0 Å². The monoisotopic (exact) mass is 205 g/mol. The van der Waals surface area contributed by atoms with Gasteiger partial charge in [-0.25, -0.2) is 0 Å². The number of aliphatic hydroxyl groups excluding tert-OH is 1. The molecule has 0 bridgehead atoms. The van der Waals surface area contributed by atoms with Gasteiger partial charge in [0.15, 0.2) is 0 Å². The molecule has 0 fully saturated rings. The van der Waals surface area contributed by atoms with Crippen molar-refractivity contribution >= 4 is 11.8 Å². The molecule has 0 aromatic heterocycles. The molecule has 3 heteroatoms. The van der Waals surface area contributed by atoms with Gasteiger partial charge in [-0.2, -0.15) is 11.8 Å². The van der Waals surface area contributed by atoms with Crippen LogP contribution >= 0.6 is 11.8 Å². The van der Waals surface area contributed by atoms with E-state index in [4.69, 9.17) is 5.11 Å². The highest BCUT2D eigenvalue weighted by Crippen LogP contribution is 2.01. The minimum absolute atomic E-state index is 0.292. The van der Waals surface area contributed by atoms with Gasteiger partial charge in [-0.05, 0) is 18.7 Å². The van der Waals surface area contributed by atoms with Gasteiger partial charge in [0.25, 0.3) is 0 Å². The van der Waals surface area contributed by atoms with Crippen molar-refractivity contribution in [1.29, 1.82) is 0 Å². The van der Waals surface area contributed by atoms with Crippen LogP contribution in [-0.2, 0) is 0 Å². The standard InChI is InChI=1S/C10H23NOS/c1-3-5-6-11(7-9-12)8-10-13-4-2/h12H,3-10H2,1-2H3. The van der Waals surface area contributed by atoms with E-state index in [9.17, 15) is 0 Å². The predicted molar refractivity (Wildman–Crippen MR) is 61.4 cm³/mol. The molecular weight excluding hydrogens is 182 g/mol. The van der Waals surface area contributed by atoms with Gasteiger partial charge in [0.2, 0.25) is 0 Å². The fourth-order valence-corrected chi connectivity index (χ4v) is 1.87. The highest BCUT2D eigenvalue weighted by atomic mass is 32.2. The van der Waals surface area contributed by atoms with Gasteiger partial charge in [0, 0.05) is 18.8 Å². The Kier molecular flexibility index (Phi) is 10.6. The summed E-state index contributed by atoms with van der Waals surface area (Å²) in [5.74, 6) is 2.39. The average Bonchev–Trinajstić information content (AvgIpc) is 2.14. The van der Waals surface area contributed by atoms with Crippen LogP contribution in [0.4, 0.5) is 0 Å². The van der Waals surface area contributed by atoms with E-state index in [2.05, 4.69) is 18.7 Å². The molecule has 0 heterocycles. The van der Waals surface area contributed by atoms with Gasteiger partial charge >= 0.3 is 0 Å². The van der Waals surface area contributed by atoms with Gasteiger partial charge in [0.1, 0.15) is 0 Å². The maximum absolute atomic E-state index is 8.84. The molecule has 0 amide bonds. The molecule has 0 aromatic rings. The second-order valence-corrected chi connectivity index (χ2v) is 4.51. The minimum Gasteiger partial charge on any atom is -0.395 e. The molecule has 2 nitrogen and oxygen atoms in total. The maximum atomic E-state index is 8.84. The van der Waals surface area contributed by atoms with E-state index in [1.54, 1.807) is 0 Å². The summed E-state index contributed by atoms with van der Waals surface area (Å²) >= 11 is 1.97. The second kappa shape index (κ2) is 10.4. The maximum Gasteiger partial charge on any atom is 0.0558 e. The van der Waals surface area contributed by atoms with Crippen molar-refractivity contribution < 1.29 is 5.11 Å². The Morgan fingerprint density at radius 2 is 1.92 bits per heavy atom. The molecule has 13 heavy (non-hydrogen) atoms. The lowest BCUT2D eigenvalue weighted by molar-refractivity contribution is 0.201. The summed E-state index contributed by atoms with van der Waals surface area (Å²) in [6, 6.07) is 0. The van der Waals surface area contributed by atoms with Crippen LogP contribution in [0.15, 0.2) is 0 Å². The topological polar surface area (TPSA) is 23.5 Å². The Morgan fingerprint density at radius 1 is 1.15 bits per heavy atom. The summed E-state index contributed by atoms with van der Waals surface area (Å²) < 4.78 is 0. The van der Waals surface area contributed by atoms with Gasteiger partial charge in [0.05, 0.1) is 6.61 Å². The molecule has 0 atom stereocenters. The van der Waals surface area contributed by atoms with E-state index in [0.29, 0.717) is 6.61 Å². The minimum atomic E-state index is 0.292. The summed E-state index contributed by atoms with van der Waals surface area (Å²) in [7, 11) is 0. The number of nitrogens with zero attached hydrogens (tertiary/aromatic N) is 1. The number of unbranched alkanes of at least 4 members (excludes halogenated alkanes) is 1. The first-order valence-electron chi connectivity index (χ1n) is 5.26. The Balaban J connectivity index is 3.41. The number of hydrogen-bond acceptors (Lipinski definition) is 3. The Bertz CT molecular complexity index is 101. The molecule has 1 N–H and O–H groups in total. The van der Waals surface area contributed by atoms with Crippen LogP contribution < -0.4 is 0 Å².